The van der Waals surface area contributed by atoms with Crippen LogP contribution in [0.3, 0.4) is 0 Å². The van der Waals surface area contributed by atoms with E-state index in [9.17, 15) is 4.79 Å². The van der Waals surface area contributed by atoms with E-state index >= 15 is 0 Å². The van der Waals surface area contributed by atoms with Gasteiger partial charge in [0.15, 0.2) is 0 Å². The molecule has 0 saturated carbocycles. The second-order valence-corrected chi connectivity index (χ2v) is 3.60. The summed E-state index contributed by atoms with van der Waals surface area (Å²) in [6.07, 6.45) is 1.43. The Morgan fingerprint density at radius 2 is 2.31 bits per heavy atom. The number of aryl methyl sites for hydroxylation is 1. The molecule has 5 heteroatoms. The van der Waals surface area contributed by atoms with Crippen LogP contribution in [-0.2, 0) is 11.2 Å². The monoisotopic (exact) mass is 243 g/mol. The summed E-state index contributed by atoms with van der Waals surface area (Å²) in [6, 6.07) is 5.22. The predicted octanol–water partition coefficient (Wildman–Crippen LogP) is 1.93. The van der Waals surface area contributed by atoms with Gasteiger partial charge < -0.3 is 15.2 Å². The molecule has 1 aromatic rings. The summed E-state index contributed by atoms with van der Waals surface area (Å²) in [7, 11) is 1.60. The zero-order chi connectivity index (χ0) is 10.8. The molecule has 0 amide bonds. The average Bonchev–Trinajstić information content (AvgIpc) is 2.27. The van der Waals surface area contributed by atoms with Crippen LogP contribution >= 0.6 is 12.4 Å². The van der Waals surface area contributed by atoms with Crippen molar-refractivity contribution in [1.29, 1.82) is 0 Å². The number of halogens is 1. The van der Waals surface area contributed by atoms with Crippen molar-refractivity contribution in [3.8, 4) is 5.75 Å². The van der Waals surface area contributed by atoms with Crippen LogP contribution in [0.1, 0.15) is 12.0 Å². The smallest absolute Gasteiger partial charge is 0.326 e. The lowest BCUT2D eigenvalue weighted by Crippen LogP contribution is -2.33. The first-order valence-electron chi connectivity index (χ1n) is 4.87. The van der Waals surface area contributed by atoms with Gasteiger partial charge in [-0.3, -0.25) is 0 Å². The number of hydrogen-bond acceptors (Lipinski definition) is 3. The highest BCUT2D eigenvalue weighted by molar-refractivity contribution is 5.85. The van der Waals surface area contributed by atoms with Gasteiger partial charge >= 0.3 is 5.97 Å². The first-order valence-corrected chi connectivity index (χ1v) is 4.87. The first-order chi connectivity index (χ1) is 7.20. The third kappa shape index (κ3) is 2.39. The van der Waals surface area contributed by atoms with Crippen molar-refractivity contribution in [3.63, 3.8) is 0 Å². The average molecular weight is 244 g/mol. The van der Waals surface area contributed by atoms with E-state index < -0.39 is 12.0 Å². The number of aliphatic carboxylic acids is 1. The summed E-state index contributed by atoms with van der Waals surface area (Å²) in [5, 5.41) is 11.9. The largest absolute Gasteiger partial charge is 0.497 e. The van der Waals surface area contributed by atoms with Gasteiger partial charge in [0.25, 0.3) is 0 Å². The Labute approximate surface area is 100 Å². The molecule has 16 heavy (non-hydrogen) atoms. The summed E-state index contributed by atoms with van der Waals surface area (Å²) < 4.78 is 5.09. The van der Waals surface area contributed by atoms with Gasteiger partial charge in [-0.15, -0.1) is 12.4 Å². The minimum atomic E-state index is -0.802. The number of carbonyl (C=O) groups is 1. The predicted molar refractivity (Wildman–Crippen MR) is 63.6 cm³/mol. The molecule has 0 spiro atoms. The van der Waals surface area contributed by atoms with E-state index in [-0.39, 0.29) is 12.4 Å². The van der Waals surface area contributed by atoms with E-state index in [1.807, 2.05) is 18.2 Å². The van der Waals surface area contributed by atoms with Crippen LogP contribution in [0.25, 0.3) is 0 Å². The Morgan fingerprint density at radius 1 is 1.56 bits per heavy atom. The van der Waals surface area contributed by atoms with E-state index in [0.29, 0.717) is 6.42 Å². The molecule has 4 nitrogen and oxygen atoms in total. The fourth-order valence-corrected chi connectivity index (χ4v) is 1.78. The van der Waals surface area contributed by atoms with E-state index in [2.05, 4.69) is 5.32 Å². The molecule has 0 radical (unpaired) electrons. The zero-order valence-corrected chi connectivity index (χ0v) is 9.71. The number of rotatable bonds is 2. The maximum atomic E-state index is 10.8. The third-order valence-corrected chi connectivity index (χ3v) is 2.65. The molecule has 2 rings (SSSR count). The van der Waals surface area contributed by atoms with Crippen molar-refractivity contribution in [2.45, 2.75) is 18.9 Å². The van der Waals surface area contributed by atoms with E-state index in [4.69, 9.17) is 9.84 Å². The van der Waals surface area contributed by atoms with Crippen molar-refractivity contribution in [1.82, 2.24) is 0 Å². The summed E-state index contributed by atoms with van der Waals surface area (Å²) >= 11 is 0. The molecule has 1 atom stereocenters. The van der Waals surface area contributed by atoms with Gasteiger partial charge in [-0.05, 0) is 24.5 Å². The zero-order valence-electron chi connectivity index (χ0n) is 8.90. The normalized spacial score (nSPS) is 17.7. The molecule has 1 unspecified atom stereocenters. The lowest BCUT2D eigenvalue weighted by atomic mass is 9.98. The van der Waals surface area contributed by atoms with Crippen molar-refractivity contribution in [2.24, 2.45) is 0 Å². The van der Waals surface area contributed by atoms with Gasteiger partial charge in [0.1, 0.15) is 11.8 Å². The number of nitrogens with one attached hydrogen (secondary N) is 1. The summed E-state index contributed by atoms with van der Waals surface area (Å²) in [5.41, 5.74) is 2.02. The fourth-order valence-electron chi connectivity index (χ4n) is 1.78. The Hall–Kier alpha value is -1.42. The molecule has 1 heterocycles. The highest BCUT2D eigenvalue weighted by Gasteiger charge is 2.23. The van der Waals surface area contributed by atoms with Crippen LogP contribution in [0, 0.1) is 0 Å². The Balaban J connectivity index is 0.00000128. The van der Waals surface area contributed by atoms with Crippen LogP contribution in [-0.4, -0.2) is 24.2 Å². The number of anilines is 1. The van der Waals surface area contributed by atoms with Gasteiger partial charge in [0, 0.05) is 11.8 Å². The molecule has 0 bridgehead atoms. The molecule has 0 aliphatic carbocycles. The standard InChI is InChI=1S/C11H13NO3.ClH/c1-15-8-4-2-7-3-5-9(11(13)14)12-10(7)6-8;/h2,4,6,9,12H,3,5H2,1H3,(H,13,14);1H. The molecule has 88 valence electrons. The molecule has 2 N–H and O–H groups in total. The highest BCUT2D eigenvalue weighted by atomic mass is 35.5. The number of hydrogen-bond donors (Lipinski definition) is 2. The van der Waals surface area contributed by atoms with Crippen molar-refractivity contribution >= 4 is 24.1 Å². The minimum absolute atomic E-state index is 0. The number of ether oxygens (including phenoxy) is 1. The SMILES string of the molecule is COc1ccc2c(c1)NC(C(=O)O)CC2.Cl. The molecular weight excluding hydrogens is 230 g/mol. The Bertz CT molecular complexity index is 395. The minimum Gasteiger partial charge on any atom is -0.497 e. The van der Waals surface area contributed by atoms with Crippen LogP contribution in [0.5, 0.6) is 5.75 Å². The number of benzene rings is 1. The topological polar surface area (TPSA) is 58.6 Å². The molecule has 0 saturated heterocycles. The molecule has 1 aliphatic rings. The van der Waals surface area contributed by atoms with Crippen LogP contribution in [0.2, 0.25) is 0 Å². The summed E-state index contributed by atoms with van der Waals surface area (Å²) in [6.45, 7) is 0. The molecule has 0 aromatic heterocycles. The second kappa shape index (κ2) is 5.07. The highest BCUT2D eigenvalue weighted by Crippen LogP contribution is 2.28. The van der Waals surface area contributed by atoms with Crippen molar-refractivity contribution in [2.75, 3.05) is 12.4 Å². The van der Waals surface area contributed by atoms with Gasteiger partial charge in [0.05, 0.1) is 7.11 Å². The molecular formula is C11H14ClNO3. The lowest BCUT2D eigenvalue weighted by Gasteiger charge is -2.24. The fraction of sp³-hybridized carbons (Fsp3) is 0.364. The maximum absolute atomic E-state index is 10.8. The molecule has 0 fully saturated rings. The van der Waals surface area contributed by atoms with Crippen LogP contribution in [0.15, 0.2) is 18.2 Å². The molecule has 1 aromatic carbocycles. The number of fused-ring (bicyclic) bond motifs is 1. The van der Waals surface area contributed by atoms with E-state index in [1.165, 1.54) is 0 Å². The quantitative estimate of drug-likeness (QED) is 0.833. The Kier molecular flexibility index (Phi) is 4.01. The van der Waals surface area contributed by atoms with E-state index in [0.717, 1.165) is 23.4 Å². The number of carboxylic acid groups (broad SMARTS) is 1. The van der Waals surface area contributed by atoms with Crippen molar-refractivity contribution in [3.05, 3.63) is 23.8 Å². The second-order valence-electron chi connectivity index (χ2n) is 3.60. The van der Waals surface area contributed by atoms with Crippen LogP contribution < -0.4 is 10.1 Å². The first kappa shape index (κ1) is 12.6. The van der Waals surface area contributed by atoms with E-state index in [1.54, 1.807) is 7.11 Å². The summed E-state index contributed by atoms with van der Waals surface area (Å²) in [4.78, 5) is 10.8. The third-order valence-electron chi connectivity index (χ3n) is 2.65. The lowest BCUT2D eigenvalue weighted by molar-refractivity contribution is -0.138. The van der Waals surface area contributed by atoms with Crippen molar-refractivity contribution < 1.29 is 14.6 Å². The maximum Gasteiger partial charge on any atom is 0.326 e. The summed E-state index contributed by atoms with van der Waals surface area (Å²) in [5.74, 6) is -0.0595. The van der Waals surface area contributed by atoms with Gasteiger partial charge in [-0.2, -0.15) is 0 Å². The van der Waals surface area contributed by atoms with Crippen LogP contribution in [0.4, 0.5) is 5.69 Å². The molecule has 1 aliphatic heterocycles. The van der Waals surface area contributed by atoms with Gasteiger partial charge in [-0.25, -0.2) is 4.79 Å². The van der Waals surface area contributed by atoms with Gasteiger partial charge in [-0.1, -0.05) is 6.07 Å². The Morgan fingerprint density at radius 3 is 2.94 bits per heavy atom. The number of methoxy groups -OCH3 is 1. The number of carboxylic acids is 1. The van der Waals surface area contributed by atoms with Gasteiger partial charge in [0.2, 0.25) is 0 Å².